The molecule has 3 heteroatoms. The van der Waals surface area contributed by atoms with Crippen LogP contribution in [0.2, 0.25) is 5.02 Å². The zero-order chi connectivity index (χ0) is 17.0. The molecule has 1 aromatic carbocycles. The van der Waals surface area contributed by atoms with Gasteiger partial charge < -0.3 is 5.32 Å². The van der Waals surface area contributed by atoms with Crippen molar-refractivity contribution in [3.05, 3.63) is 70.4 Å². The van der Waals surface area contributed by atoms with Crippen molar-refractivity contribution >= 4 is 17.5 Å². The Bertz CT molecular complexity index is 556. The van der Waals surface area contributed by atoms with Crippen LogP contribution in [0.5, 0.6) is 0 Å². The van der Waals surface area contributed by atoms with Crippen molar-refractivity contribution < 1.29 is 4.79 Å². The van der Waals surface area contributed by atoms with Gasteiger partial charge >= 0.3 is 0 Å². The molecule has 1 aliphatic carbocycles. The predicted octanol–water partition coefficient (Wildman–Crippen LogP) is 5.91. The smallest absolute Gasteiger partial charge is 0.257 e. The number of halogens is 1. The zero-order valence-electron chi connectivity index (χ0n) is 14.1. The van der Waals surface area contributed by atoms with Crippen molar-refractivity contribution in [1.82, 2.24) is 5.32 Å². The maximum atomic E-state index is 12.0. The van der Waals surface area contributed by atoms with Gasteiger partial charge in [-0.15, -0.1) is 0 Å². The van der Waals surface area contributed by atoms with Crippen LogP contribution in [-0.4, -0.2) is 5.91 Å². The molecule has 0 aliphatic heterocycles. The molecule has 0 heterocycles. The average molecular weight is 320 g/mol. The van der Waals surface area contributed by atoms with Gasteiger partial charge in [-0.25, -0.2) is 0 Å². The lowest BCUT2D eigenvalue weighted by Crippen LogP contribution is -2.22. The maximum absolute atomic E-state index is 12.0. The van der Waals surface area contributed by atoms with Crippen LogP contribution in [0.1, 0.15) is 51.4 Å². The van der Waals surface area contributed by atoms with Gasteiger partial charge in [-0.05, 0) is 31.6 Å². The summed E-state index contributed by atoms with van der Waals surface area (Å²) in [6.07, 6.45) is 8.77. The van der Waals surface area contributed by atoms with E-state index in [4.69, 9.17) is 11.6 Å². The monoisotopic (exact) mass is 319 g/mol. The van der Waals surface area contributed by atoms with Gasteiger partial charge in [0, 0.05) is 5.70 Å². The van der Waals surface area contributed by atoms with Crippen molar-refractivity contribution in [2.24, 2.45) is 0 Å². The third-order valence-corrected chi connectivity index (χ3v) is 3.01. The fourth-order valence-corrected chi connectivity index (χ4v) is 1.89. The third kappa shape index (κ3) is 6.77. The molecule has 0 saturated heterocycles. The molecule has 1 aromatic rings. The van der Waals surface area contributed by atoms with Gasteiger partial charge in [-0.1, -0.05) is 75.2 Å². The van der Waals surface area contributed by atoms with Crippen molar-refractivity contribution in [3.8, 4) is 0 Å². The first-order valence-electron chi connectivity index (χ1n) is 7.77. The molecule has 2 rings (SSSR count). The number of nitrogens with one attached hydrogen (secondary N) is 1. The van der Waals surface area contributed by atoms with E-state index in [-0.39, 0.29) is 5.91 Å². The molecule has 0 saturated carbocycles. The highest BCUT2D eigenvalue weighted by molar-refractivity contribution is 6.33. The summed E-state index contributed by atoms with van der Waals surface area (Å²) in [5.74, 6) is -0.184. The van der Waals surface area contributed by atoms with Gasteiger partial charge in [0.2, 0.25) is 0 Å². The van der Waals surface area contributed by atoms with Crippen molar-refractivity contribution in [2.45, 2.75) is 41.0 Å². The number of hydrogen-bond donors (Lipinski definition) is 1. The Kier molecular flexibility index (Phi) is 10.8. The van der Waals surface area contributed by atoms with E-state index < -0.39 is 0 Å². The van der Waals surface area contributed by atoms with Crippen molar-refractivity contribution in [2.75, 3.05) is 0 Å². The van der Waals surface area contributed by atoms with E-state index in [0.29, 0.717) is 10.6 Å². The summed E-state index contributed by atoms with van der Waals surface area (Å²) >= 11 is 5.98. The molecule has 2 nitrogen and oxygen atoms in total. The average Bonchev–Trinajstić information content (AvgIpc) is 2.76. The van der Waals surface area contributed by atoms with Crippen LogP contribution in [0, 0.1) is 0 Å². The molecule has 1 amide bonds. The van der Waals surface area contributed by atoms with Crippen LogP contribution in [0.25, 0.3) is 0 Å². The molecule has 0 unspecified atom stereocenters. The molecule has 0 aromatic heterocycles. The molecule has 1 aliphatic rings. The van der Waals surface area contributed by atoms with Gasteiger partial charge in [0.15, 0.2) is 0 Å². The first-order valence-corrected chi connectivity index (χ1v) is 8.15. The fourth-order valence-electron chi connectivity index (χ4n) is 1.67. The number of amides is 1. The lowest BCUT2D eigenvalue weighted by atomic mass is 10.2. The summed E-state index contributed by atoms with van der Waals surface area (Å²) in [6, 6.07) is 7.02. The van der Waals surface area contributed by atoms with Gasteiger partial charge in [0.25, 0.3) is 5.91 Å². The molecule has 0 spiro atoms. The van der Waals surface area contributed by atoms with E-state index in [0.717, 1.165) is 12.1 Å². The van der Waals surface area contributed by atoms with E-state index in [9.17, 15) is 4.79 Å². The highest BCUT2D eigenvalue weighted by Gasteiger charge is 2.10. The molecule has 0 fully saturated rings. The molecule has 120 valence electrons. The minimum atomic E-state index is -0.184. The highest BCUT2D eigenvalue weighted by Crippen LogP contribution is 2.15. The molecule has 0 atom stereocenters. The fraction of sp³-hybridized carbons (Fsp3) is 0.316. The van der Waals surface area contributed by atoms with Crippen LogP contribution in [-0.2, 0) is 0 Å². The number of carbonyl (C=O) groups excluding carboxylic acids is 1. The minimum absolute atomic E-state index is 0.184. The summed E-state index contributed by atoms with van der Waals surface area (Å²) in [6.45, 7) is 10.0. The Labute approximate surface area is 139 Å². The van der Waals surface area contributed by atoms with Crippen LogP contribution in [0.3, 0.4) is 0 Å². The lowest BCUT2D eigenvalue weighted by molar-refractivity contribution is 0.0967. The first kappa shape index (κ1) is 20.2. The second-order valence-corrected chi connectivity index (χ2v) is 4.52. The predicted molar refractivity (Wildman–Crippen MR) is 97.2 cm³/mol. The molecule has 1 N–H and O–H groups in total. The number of hydrogen-bond acceptors (Lipinski definition) is 1. The number of allylic oxidation sites excluding steroid dienone is 5. The van der Waals surface area contributed by atoms with Crippen LogP contribution in [0.4, 0.5) is 0 Å². The highest BCUT2D eigenvalue weighted by atomic mass is 35.5. The largest absolute Gasteiger partial charge is 0.322 e. The van der Waals surface area contributed by atoms with Crippen LogP contribution < -0.4 is 5.32 Å². The minimum Gasteiger partial charge on any atom is -0.322 e. The van der Waals surface area contributed by atoms with E-state index in [1.165, 1.54) is 5.57 Å². The first-order chi connectivity index (χ1) is 10.7. The molecular weight excluding hydrogens is 294 g/mol. The summed E-state index contributed by atoms with van der Waals surface area (Å²) in [7, 11) is 0. The Morgan fingerprint density at radius 2 is 1.68 bits per heavy atom. The van der Waals surface area contributed by atoms with E-state index in [2.05, 4.69) is 11.4 Å². The maximum Gasteiger partial charge on any atom is 0.257 e. The second kappa shape index (κ2) is 11.8. The van der Waals surface area contributed by atoms with Gasteiger partial charge in [0.05, 0.1) is 10.6 Å². The van der Waals surface area contributed by atoms with Crippen LogP contribution in [0.15, 0.2) is 59.8 Å². The molecule has 22 heavy (non-hydrogen) atoms. The Balaban J connectivity index is 0.00000102. The summed E-state index contributed by atoms with van der Waals surface area (Å²) in [4.78, 5) is 12.0. The lowest BCUT2D eigenvalue weighted by Gasteiger charge is -2.06. The van der Waals surface area contributed by atoms with Crippen molar-refractivity contribution in [3.63, 3.8) is 0 Å². The normalized spacial score (nSPS) is 12.5. The Morgan fingerprint density at radius 3 is 2.32 bits per heavy atom. The standard InChI is InChI=1S/C15H14ClNO.2C2H6/c1-11-5-4-6-12(10-9-11)17-15(18)13-7-2-3-8-14(13)16;2*1-2/h2-3,5-10H,4H2,1H3,(H,17,18);2*1-2H3. The quantitative estimate of drug-likeness (QED) is 0.721. The SMILES string of the molecule is CC.CC.CC1=CCC=C(NC(=O)c2ccccc2Cl)C=C1. The topological polar surface area (TPSA) is 29.1 Å². The Hall–Kier alpha value is -1.80. The number of benzene rings is 1. The molecule has 0 bridgehead atoms. The summed E-state index contributed by atoms with van der Waals surface area (Å²) in [5, 5.41) is 3.31. The molecular formula is C19H26ClNO. The molecule has 0 radical (unpaired) electrons. The van der Waals surface area contributed by atoms with E-state index >= 15 is 0 Å². The van der Waals surface area contributed by atoms with Crippen LogP contribution >= 0.6 is 11.6 Å². The summed E-state index contributed by atoms with van der Waals surface area (Å²) in [5.41, 5.74) is 2.48. The van der Waals surface area contributed by atoms with E-state index in [1.54, 1.807) is 24.3 Å². The summed E-state index contributed by atoms with van der Waals surface area (Å²) < 4.78 is 0. The number of carbonyl (C=O) groups is 1. The third-order valence-electron chi connectivity index (χ3n) is 2.68. The van der Waals surface area contributed by atoms with Gasteiger partial charge in [-0.3, -0.25) is 4.79 Å². The second-order valence-electron chi connectivity index (χ2n) is 4.11. The Morgan fingerprint density at radius 1 is 1.05 bits per heavy atom. The van der Waals surface area contributed by atoms with Crippen molar-refractivity contribution in [1.29, 1.82) is 0 Å². The van der Waals surface area contributed by atoms with Gasteiger partial charge in [-0.2, -0.15) is 0 Å². The zero-order valence-corrected chi connectivity index (χ0v) is 14.9. The number of rotatable bonds is 2. The van der Waals surface area contributed by atoms with Gasteiger partial charge in [0.1, 0.15) is 0 Å². The van der Waals surface area contributed by atoms with E-state index in [1.807, 2.05) is 52.8 Å².